The van der Waals surface area contributed by atoms with E-state index in [0.717, 1.165) is 56.1 Å². The Bertz CT molecular complexity index is 1260. The van der Waals surface area contributed by atoms with Crippen LogP contribution in [0, 0.1) is 11.8 Å². The molecule has 1 saturated heterocycles. The second kappa shape index (κ2) is 11.7. The summed E-state index contributed by atoms with van der Waals surface area (Å²) < 4.78 is 1.94. The number of piperidine rings is 1. The Morgan fingerprint density at radius 3 is 2.66 bits per heavy atom. The Balaban J connectivity index is 0.00000294. The molecule has 2 fully saturated rings. The van der Waals surface area contributed by atoms with Crippen LogP contribution in [0.3, 0.4) is 0 Å². The lowest BCUT2D eigenvalue weighted by atomic mass is 9.91. The lowest BCUT2D eigenvalue weighted by molar-refractivity contribution is 0.172. The maximum Gasteiger partial charge on any atom is 0.247 e. The SMILES string of the molecule is CC[C@H](CN1CCC(Cc2nc(C3=CC=C(C)CC=C3)nn2C2=NC3CC3C=N2)CC1)c1ccccc1.F. The van der Waals surface area contributed by atoms with Gasteiger partial charge in [0.25, 0.3) is 0 Å². The highest BCUT2D eigenvalue weighted by molar-refractivity contribution is 5.93. The van der Waals surface area contributed by atoms with Gasteiger partial charge in [0.15, 0.2) is 5.82 Å². The smallest absolute Gasteiger partial charge is 0.247 e. The molecule has 1 aromatic heterocycles. The third kappa shape index (κ3) is 5.93. The van der Waals surface area contributed by atoms with E-state index in [9.17, 15) is 0 Å². The maximum absolute atomic E-state index is 5.06. The molecule has 4 aliphatic rings. The van der Waals surface area contributed by atoms with E-state index < -0.39 is 0 Å². The predicted molar refractivity (Wildman–Crippen MR) is 154 cm³/mol. The van der Waals surface area contributed by atoms with Crippen LogP contribution in [0.15, 0.2) is 70.2 Å². The fraction of sp³-hybridized carbons (Fsp3) is 0.484. The minimum atomic E-state index is 0. The molecule has 38 heavy (non-hydrogen) atoms. The second-order valence-corrected chi connectivity index (χ2v) is 11.1. The number of fused-ring (bicyclic) bond motifs is 1. The molecule has 0 amide bonds. The average Bonchev–Trinajstić information content (AvgIpc) is 3.65. The fourth-order valence-electron chi connectivity index (χ4n) is 5.74. The van der Waals surface area contributed by atoms with Gasteiger partial charge in [-0.2, -0.15) is 4.68 Å². The van der Waals surface area contributed by atoms with Gasteiger partial charge in [0.2, 0.25) is 5.96 Å². The van der Waals surface area contributed by atoms with Crippen LogP contribution in [-0.4, -0.2) is 57.5 Å². The molecule has 0 bridgehead atoms. The summed E-state index contributed by atoms with van der Waals surface area (Å²) in [5.74, 6) is 4.23. The highest BCUT2D eigenvalue weighted by atomic mass is 19.0. The van der Waals surface area contributed by atoms with Crippen molar-refractivity contribution in [3.8, 4) is 0 Å². The first kappa shape index (κ1) is 26.4. The molecule has 2 aliphatic heterocycles. The molecule has 3 heterocycles. The Morgan fingerprint density at radius 1 is 1.08 bits per heavy atom. The fourth-order valence-corrected chi connectivity index (χ4v) is 5.74. The summed E-state index contributed by atoms with van der Waals surface area (Å²) in [4.78, 5) is 17.3. The normalized spacial score (nSPS) is 24.0. The number of halogens is 1. The summed E-state index contributed by atoms with van der Waals surface area (Å²) in [7, 11) is 0. The molecule has 2 aliphatic carbocycles. The van der Waals surface area contributed by atoms with Gasteiger partial charge >= 0.3 is 0 Å². The van der Waals surface area contributed by atoms with Crippen LogP contribution in [0.2, 0.25) is 0 Å². The number of benzene rings is 1. The Kier molecular flexibility index (Phi) is 8.12. The largest absolute Gasteiger partial charge is 0.303 e. The van der Waals surface area contributed by atoms with E-state index in [2.05, 4.69) is 84.6 Å². The van der Waals surface area contributed by atoms with Crippen molar-refractivity contribution in [3.63, 3.8) is 0 Å². The van der Waals surface area contributed by atoms with Gasteiger partial charge in [0.1, 0.15) is 5.82 Å². The van der Waals surface area contributed by atoms with Gasteiger partial charge in [-0.25, -0.2) is 15.0 Å². The molecule has 6 rings (SSSR count). The van der Waals surface area contributed by atoms with Crippen LogP contribution in [0.1, 0.15) is 69.1 Å². The van der Waals surface area contributed by atoms with Crippen molar-refractivity contribution in [1.82, 2.24) is 19.7 Å². The van der Waals surface area contributed by atoms with Crippen molar-refractivity contribution in [2.45, 2.75) is 64.3 Å². The van der Waals surface area contributed by atoms with Crippen molar-refractivity contribution in [2.24, 2.45) is 21.8 Å². The summed E-state index contributed by atoms with van der Waals surface area (Å²) in [5, 5.41) is 4.94. The van der Waals surface area contributed by atoms with Gasteiger partial charge in [0.05, 0.1) is 6.04 Å². The standard InChI is InChI=1S/C31H38N6.FH/c1-3-24(25-9-5-4-6-10-25)21-36-16-14-23(15-17-36)18-29-34-30(26-11-7-8-22(2)12-13-26)35-37(29)31-32-20-27-19-28(27)33-31;/h4-7,9-13,20,23-24,27-28H,3,8,14-19,21H2,1-2H3;1H/t24-,27?,28?;/m1./s1. The van der Waals surface area contributed by atoms with Crippen molar-refractivity contribution >= 4 is 17.7 Å². The summed E-state index contributed by atoms with van der Waals surface area (Å²) in [6, 6.07) is 11.4. The van der Waals surface area contributed by atoms with Gasteiger partial charge in [-0.1, -0.05) is 67.1 Å². The third-order valence-corrected chi connectivity index (χ3v) is 8.29. The second-order valence-electron chi connectivity index (χ2n) is 11.1. The van der Waals surface area contributed by atoms with Crippen LogP contribution in [-0.2, 0) is 6.42 Å². The number of hydrogen-bond acceptors (Lipinski definition) is 5. The summed E-state index contributed by atoms with van der Waals surface area (Å²) in [5.41, 5.74) is 3.87. The summed E-state index contributed by atoms with van der Waals surface area (Å²) in [6.07, 6.45) is 17.3. The van der Waals surface area contributed by atoms with E-state index in [4.69, 9.17) is 15.1 Å². The number of hydrogen-bond donors (Lipinski definition) is 0. The quantitative estimate of drug-likeness (QED) is 0.466. The van der Waals surface area contributed by atoms with Crippen LogP contribution in [0.25, 0.3) is 5.57 Å². The first-order valence-corrected chi connectivity index (χ1v) is 14.1. The van der Waals surface area contributed by atoms with E-state index in [0.29, 0.717) is 29.8 Å². The van der Waals surface area contributed by atoms with Crippen molar-refractivity contribution in [3.05, 3.63) is 77.4 Å². The molecule has 3 atom stereocenters. The summed E-state index contributed by atoms with van der Waals surface area (Å²) >= 11 is 0. The molecule has 1 aromatic carbocycles. The molecule has 0 spiro atoms. The molecule has 2 unspecified atom stereocenters. The molecule has 7 heteroatoms. The first-order chi connectivity index (χ1) is 18.2. The van der Waals surface area contributed by atoms with E-state index in [1.54, 1.807) is 0 Å². The monoisotopic (exact) mass is 514 g/mol. The average molecular weight is 515 g/mol. The van der Waals surface area contributed by atoms with Crippen LogP contribution >= 0.6 is 0 Å². The lowest BCUT2D eigenvalue weighted by Crippen LogP contribution is -2.37. The molecule has 6 nitrogen and oxygen atoms in total. The van der Waals surface area contributed by atoms with Crippen molar-refractivity contribution < 1.29 is 4.70 Å². The van der Waals surface area contributed by atoms with Crippen LogP contribution in [0.4, 0.5) is 4.70 Å². The number of nitrogens with zero attached hydrogens (tertiary/aromatic N) is 6. The van der Waals surface area contributed by atoms with E-state index in [1.807, 2.05) is 4.68 Å². The van der Waals surface area contributed by atoms with E-state index >= 15 is 0 Å². The molecule has 1 saturated carbocycles. The Labute approximate surface area is 225 Å². The molecule has 0 N–H and O–H groups in total. The van der Waals surface area contributed by atoms with E-state index in [-0.39, 0.29) is 4.70 Å². The number of allylic oxidation sites excluding steroid dienone is 6. The van der Waals surface area contributed by atoms with Crippen molar-refractivity contribution in [2.75, 3.05) is 19.6 Å². The first-order valence-electron chi connectivity index (χ1n) is 14.1. The topological polar surface area (TPSA) is 58.7 Å². The molecule has 2 aromatic rings. The zero-order chi connectivity index (χ0) is 25.2. The third-order valence-electron chi connectivity index (χ3n) is 8.29. The number of aromatic nitrogens is 3. The maximum atomic E-state index is 5.06. The van der Waals surface area contributed by atoms with Gasteiger partial charge in [-0.05, 0) is 69.5 Å². The summed E-state index contributed by atoms with van der Waals surface area (Å²) in [6.45, 7) is 7.92. The van der Waals surface area contributed by atoms with Gasteiger partial charge in [-0.15, -0.1) is 5.10 Å². The number of likely N-dealkylation sites (tertiary alicyclic amines) is 1. The van der Waals surface area contributed by atoms with Crippen LogP contribution in [0.5, 0.6) is 0 Å². The Hall–Kier alpha value is -3.19. The lowest BCUT2D eigenvalue weighted by Gasteiger charge is -2.34. The number of rotatable bonds is 7. The number of aliphatic imine (C=N–C) groups is 2. The van der Waals surface area contributed by atoms with E-state index in [1.165, 1.54) is 30.4 Å². The van der Waals surface area contributed by atoms with Gasteiger partial charge in [0, 0.05) is 30.7 Å². The minimum absolute atomic E-state index is 0. The zero-order valence-corrected chi connectivity index (χ0v) is 22.5. The van der Waals surface area contributed by atoms with Crippen LogP contribution < -0.4 is 0 Å². The van der Waals surface area contributed by atoms with Gasteiger partial charge in [-0.3, -0.25) is 4.70 Å². The highest BCUT2D eigenvalue weighted by Gasteiger charge is 2.39. The predicted octanol–water partition coefficient (Wildman–Crippen LogP) is 5.85. The zero-order valence-electron chi connectivity index (χ0n) is 22.5. The molecule has 0 radical (unpaired) electrons. The van der Waals surface area contributed by atoms with Crippen molar-refractivity contribution in [1.29, 1.82) is 0 Å². The molecule has 200 valence electrons. The van der Waals surface area contributed by atoms with Gasteiger partial charge < -0.3 is 4.90 Å². The molecular formula is C31H39FN6. The highest BCUT2D eigenvalue weighted by Crippen LogP contribution is 2.35. The minimum Gasteiger partial charge on any atom is -0.303 e. The molecular weight excluding hydrogens is 475 g/mol. The Morgan fingerprint density at radius 2 is 1.89 bits per heavy atom.